The zero-order chi connectivity index (χ0) is 9.56. The van der Waals surface area contributed by atoms with Crippen LogP contribution in [0.2, 0.25) is 0 Å². The van der Waals surface area contributed by atoms with Gasteiger partial charge >= 0.3 is 5.97 Å². The van der Waals surface area contributed by atoms with Gasteiger partial charge in [0.2, 0.25) is 0 Å². The van der Waals surface area contributed by atoms with Crippen LogP contribution in [0.5, 0.6) is 0 Å². The first-order valence-electron chi connectivity index (χ1n) is 3.82. The molecule has 0 spiro atoms. The van der Waals surface area contributed by atoms with Crippen LogP contribution >= 0.6 is 0 Å². The van der Waals surface area contributed by atoms with Crippen LogP contribution in [0.3, 0.4) is 0 Å². The van der Waals surface area contributed by atoms with Gasteiger partial charge in [0.15, 0.2) is 7.98 Å². The van der Waals surface area contributed by atoms with Crippen molar-refractivity contribution in [2.24, 2.45) is 0 Å². The van der Waals surface area contributed by atoms with E-state index in [4.69, 9.17) is 13.1 Å². The fraction of sp³-hybridized carbons (Fsp3) is 0.714. The molecule has 0 bridgehead atoms. The Morgan fingerprint density at radius 2 is 2.17 bits per heavy atom. The minimum Gasteiger partial charge on any atom is -0.480 e. The van der Waals surface area contributed by atoms with Gasteiger partial charge in [-0.25, -0.2) is 0 Å². The largest absolute Gasteiger partial charge is 0.480 e. The van der Waals surface area contributed by atoms with Crippen molar-refractivity contribution in [3.63, 3.8) is 0 Å². The second-order valence-electron chi connectivity index (χ2n) is 2.49. The molecule has 4 nitrogen and oxygen atoms in total. The van der Waals surface area contributed by atoms with Crippen molar-refractivity contribution in [3.05, 3.63) is 0 Å². The summed E-state index contributed by atoms with van der Waals surface area (Å²) in [6.45, 7) is 1.74. The number of hydrogen-bond acceptors (Lipinski definition) is 3. The van der Waals surface area contributed by atoms with Gasteiger partial charge in [0.05, 0.1) is 6.04 Å². The quantitative estimate of drug-likeness (QED) is 0.543. The van der Waals surface area contributed by atoms with E-state index in [2.05, 4.69) is 5.23 Å². The lowest BCUT2D eigenvalue weighted by Crippen LogP contribution is -2.35. The van der Waals surface area contributed by atoms with Crippen molar-refractivity contribution in [2.75, 3.05) is 0 Å². The topological polar surface area (TPSA) is 66.4 Å². The number of carboxylic acids is 1. The minimum absolute atomic E-state index is 0.0523. The highest BCUT2D eigenvalue weighted by Gasteiger charge is 2.14. The summed E-state index contributed by atoms with van der Waals surface area (Å²) in [5.41, 5.74) is 0. The molecule has 0 aromatic heterocycles. The van der Waals surface area contributed by atoms with E-state index in [9.17, 15) is 9.59 Å². The molecule has 0 amide bonds. The molecule has 0 saturated heterocycles. The van der Waals surface area contributed by atoms with E-state index in [0.29, 0.717) is 6.42 Å². The molecule has 0 aliphatic carbocycles. The third kappa shape index (κ3) is 4.13. The fourth-order valence-electron chi connectivity index (χ4n) is 0.760. The first-order valence-corrected chi connectivity index (χ1v) is 3.82. The third-order valence-corrected chi connectivity index (χ3v) is 1.61. The molecule has 0 saturated carbocycles. The summed E-state index contributed by atoms with van der Waals surface area (Å²) in [5.74, 6) is -0.974. The van der Waals surface area contributed by atoms with Gasteiger partial charge < -0.3 is 10.3 Å². The van der Waals surface area contributed by atoms with Crippen LogP contribution in [0.15, 0.2) is 0 Å². The van der Waals surface area contributed by atoms with Crippen LogP contribution in [0.1, 0.15) is 26.2 Å². The number of rotatable bonds is 6. The average Bonchev–Trinajstić information content (AvgIpc) is 2.04. The number of carboxylic acid groups (broad SMARTS) is 1. The Labute approximate surface area is 72.8 Å². The molecule has 0 aromatic carbocycles. The van der Waals surface area contributed by atoms with Crippen LogP contribution in [0.25, 0.3) is 0 Å². The Hall–Kier alpha value is -0.835. The SMILES string of the molecule is [B]NC(CCC(=O)CC)C(=O)O. The molecule has 0 aliphatic rings. The van der Waals surface area contributed by atoms with E-state index < -0.39 is 12.0 Å². The number of carbonyl (C=O) groups excluding carboxylic acids is 1. The number of aliphatic carboxylic acids is 1. The summed E-state index contributed by atoms with van der Waals surface area (Å²) in [4.78, 5) is 21.2. The Morgan fingerprint density at radius 3 is 2.50 bits per heavy atom. The summed E-state index contributed by atoms with van der Waals surface area (Å²) >= 11 is 0. The first kappa shape index (κ1) is 11.2. The van der Waals surface area contributed by atoms with Crippen LogP contribution in [0, 0.1) is 0 Å². The molecule has 0 fully saturated rings. The molecule has 0 aromatic rings. The summed E-state index contributed by atoms with van der Waals surface area (Å²) in [7, 11) is 4.96. The van der Waals surface area contributed by atoms with Crippen molar-refractivity contribution in [1.29, 1.82) is 0 Å². The maximum Gasteiger partial charge on any atom is 0.319 e. The predicted octanol–water partition coefficient (Wildman–Crippen LogP) is -0.128. The van der Waals surface area contributed by atoms with Gasteiger partial charge in [-0.15, -0.1) is 0 Å². The molecule has 2 N–H and O–H groups in total. The Morgan fingerprint density at radius 1 is 1.58 bits per heavy atom. The number of Topliss-reactive ketones (excluding diaryl/α,β-unsaturated/α-hetero) is 1. The molecule has 0 heterocycles. The van der Waals surface area contributed by atoms with E-state index in [1.807, 2.05) is 0 Å². The van der Waals surface area contributed by atoms with Crippen molar-refractivity contribution >= 4 is 19.7 Å². The smallest absolute Gasteiger partial charge is 0.319 e. The first-order chi connectivity index (χ1) is 5.61. The van der Waals surface area contributed by atoms with Gasteiger partial charge in [0, 0.05) is 12.8 Å². The highest BCUT2D eigenvalue weighted by molar-refractivity contribution is 6.06. The van der Waals surface area contributed by atoms with Gasteiger partial charge in [0.1, 0.15) is 5.78 Å². The van der Waals surface area contributed by atoms with Gasteiger partial charge in [-0.3, -0.25) is 9.59 Å². The molecule has 1 atom stereocenters. The summed E-state index contributed by atoms with van der Waals surface area (Å²) in [6, 6.07) is -0.819. The van der Waals surface area contributed by atoms with Crippen LogP contribution < -0.4 is 5.23 Å². The molecule has 0 aliphatic heterocycles. The van der Waals surface area contributed by atoms with Gasteiger partial charge in [-0.05, 0) is 6.42 Å². The summed E-state index contributed by atoms with van der Waals surface area (Å²) in [6.07, 6.45) is 0.951. The van der Waals surface area contributed by atoms with Crippen LogP contribution in [-0.4, -0.2) is 30.9 Å². The number of hydrogen-bond donors (Lipinski definition) is 2. The maximum atomic E-state index is 10.8. The normalized spacial score (nSPS) is 12.4. The zero-order valence-electron chi connectivity index (χ0n) is 7.04. The molecular weight excluding hydrogens is 157 g/mol. The van der Waals surface area contributed by atoms with Gasteiger partial charge in [0.25, 0.3) is 0 Å². The van der Waals surface area contributed by atoms with Crippen molar-refractivity contribution in [1.82, 2.24) is 5.23 Å². The lowest BCUT2D eigenvalue weighted by molar-refractivity contribution is -0.139. The summed E-state index contributed by atoms with van der Waals surface area (Å²) < 4.78 is 0. The zero-order valence-corrected chi connectivity index (χ0v) is 7.04. The molecule has 0 rings (SSSR count). The average molecular weight is 169 g/mol. The third-order valence-electron chi connectivity index (χ3n) is 1.61. The van der Waals surface area contributed by atoms with Crippen LogP contribution in [0.4, 0.5) is 0 Å². The second kappa shape index (κ2) is 5.77. The maximum absolute atomic E-state index is 10.8. The molecular formula is C7H12BNO3. The molecule has 66 valence electrons. The minimum atomic E-state index is -1.03. The number of nitrogens with one attached hydrogen (secondary N) is 1. The lowest BCUT2D eigenvalue weighted by atomic mass is 10.1. The Bertz CT molecular complexity index is 172. The Kier molecular flexibility index (Phi) is 5.37. The molecule has 5 heteroatoms. The van der Waals surface area contributed by atoms with E-state index in [1.165, 1.54) is 0 Å². The molecule has 12 heavy (non-hydrogen) atoms. The van der Waals surface area contributed by atoms with Crippen LogP contribution in [-0.2, 0) is 9.59 Å². The van der Waals surface area contributed by atoms with Crippen molar-refractivity contribution in [2.45, 2.75) is 32.2 Å². The van der Waals surface area contributed by atoms with E-state index in [1.54, 1.807) is 6.92 Å². The lowest BCUT2D eigenvalue weighted by Gasteiger charge is -2.09. The second-order valence-corrected chi connectivity index (χ2v) is 2.49. The molecule has 2 radical (unpaired) electrons. The highest BCUT2D eigenvalue weighted by atomic mass is 16.4. The van der Waals surface area contributed by atoms with Gasteiger partial charge in [-0.1, -0.05) is 6.92 Å². The highest BCUT2D eigenvalue weighted by Crippen LogP contribution is 1.99. The van der Waals surface area contributed by atoms with E-state index in [-0.39, 0.29) is 18.6 Å². The Balaban J connectivity index is 3.73. The number of carbonyl (C=O) groups is 2. The fourth-order valence-corrected chi connectivity index (χ4v) is 0.760. The molecule has 1 unspecified atom stereocenters. The van der Waals surface area contributed by atoms with Crippen molar-refractivity contribution in [3.8, 4) is 0 Å². The summed E-state index contributed by atoms with van der Waals surface area (Å²) in [5, 5.41) is 10.6. The van der Waals surface area contributed by atoms with Gasteiger partial charge in [-0.2, -0.15) is 0 Å². The van der Waals surface area contributed by atoms with E-state index >= 15 is 0 Å². The van der Waals surface area contributed by atoms with E-state index in [0.717, 1.165) is 0 Å². The standard InChI is InChI=1S/C7H12BNO3/c1-2-5(10)3-4-6(9-8)7(11)12/h6,9H,2-4H2,1H3,(H,11,12). The number of ketones is 1. The van der Waals surface area contributed by atoms with Crippen molar-refractivity contribution < 1.29 is 14.7 Å². The predicted molar refractivity (Wildman–Crippen MR) is 44.8 cm³/mol. The monoisotopic (exact) mass is 169 g/mol.